The van der Waals surface area contributed by atoms with Gasteiger partial charge >= 0.3 is 0 Å². The molecule has 0 heterocycles. The highest BCUT2D eigenvalue weighted by atomic mass is 31.1. The molecule has 0 spiro atoms. The van der Waals surface area contributed by atoms with E-state index in [1.807, 2.05) is 5.56 Å². The van der Waals surface area contributed by atoms with Crippen molar-refractivity contribution >= 4 is 15.8 Å². The zero-order valence-electron chi connectivity index (χ0n) is 31.2. The van der Waals surface area contributed by atoms with Crippen molar-refractivity contribution in [1.82, 2.24) is 0 Å². The summed E-state index contributed by atoms with van der Waals surface area (Å²) in [5, 5.41) is 2.10. The fourth-order valence-electron chi connectivity index (χ4n) is 13.8. The minimum atomic E-state index is -0.172. The fourth-order valence-corrected chi connectivity index (χ4v) is 22.6. The predicted molar refractivity (Wildman–Crippen MR) is 208 cm³/mol. The minimum Gasteiger partial charge on any atom is -0.0911 e. The summed E-state index contributed by atoms with van der Waals surface area (Å²) >= 11 is 0. The lowest BCUT2D eigenvalue weighted by atomic mass is 9.55. The summed E-state index contributed by atoms with van der Waals surface area (Å²) in [6.45, 7) is 17.7. The number of hydrogen-bond donors (Lipinski definition) is 0. The average Bonchev–Trinajstić information content (AvgIpc) is 2.97. The molecule has 0 saturated heterocycles. The van der Waals surface area contributed by atoms with Crippen LogP contribution in [0.15, 0.2) is 48.5 Å². The molecule has 256 valence electrons. The van der Waals surface area contributed by atoms with E-state index in [-0.39, 0.29) is 15.8 Å². The van der Waals surface area contributed by atoms with Crippen molar-refractivity contribution in [2.75, 3.05) is 0 Å². The molecular weight excluding hydrogens is 602 g/mol. The van der Waals surface area contributed by atoms with Gasteiger partial charge in [-0.1, -0.05) is 113 Å². The number of benzene rings is 2. The molecule has 1 unspecified atom stereocenters. The minimum absolute atomic E-state index is 0.0551. The zero-order chi connectivity index (χ0) is 32.8. The van der Waals surface area contributed by atoms with Gasteiger partial charge in [0.1, 0.15) is 0 Å². The summed E-state index contributed by atoms with van der Waals surface area (Å²) in [6, 6.07) is 19.4. The van der Waals surface area contributed by atoms with Crippen molar-refractivity contribution < 1.29 is 0 Å². The molecule has 8 saturated carbocycles. The second-order valence-corrected chi connectivity index (χ2v) is 27.3. The first-order valence-corrected chi connectivity index (χ1v) is 23.0. The third-order valence-corrected chi connectivity index (χ3v) is 22.6. The number of hydrogen-bond acceptors (Lipinski definition) is 0. The van der Waals surface area contributed by atoms with Crippen LogP contribution in [-0.2, 0) is 18.7 Å². The molecule has 2 heteroatoms. The zero-order valence-corrected chi connectivity index (χ0v) is 33.0. The van der Waals surface area contributed by atoms with Crippen LogP contribution < -0.4 is 0 Å². The standard InChI is InChI=1S/C45H66P2/c1-31(15-32-11-9-8-10-12-32)39-13-14-40(29-46(42(2,3)4)43(5,6)7)41(22-39)30-47(44-23-33-16-34(24-44)18-35(17-33)25-44)45-26-36-19-37(27-45)21-38(20-36)28-45/h8-14,22,31,33-38H,15-21,23-30H2,1-7H3. The summed E-state index contributed by atoms with van der Waals surface area (Å²) in [5.41, 5.74) is 6.66. The lowest BCUT2D eigenvalue weighted by molar-refractivity contribution is 0.0184. The molecule has 8 aliphatic carbocycles. The quantitative estimate of drug-likeness (QED) is 0.233. The highest BCUT2D eigenvalue weighted by Crippen LogP contribution is 2.80. The van der Waals surface area contributed by atoms with E-state index in [2.05, 4.69) is 97.0 Å². The molecule has 0 aromatic heterocycles. The van der Waals surface area contributed by atoms with E-state index in [1.54, 1.807) is 88.2 Å². The third-order valence-electron chi connectivity index (χ3n) is 14.6. The first-order valence-electron chi connectivity index (χ1n) is 20.0. The molecule has 0 radical (unpaired) electrons. The van der Waals surface area contributed by atoms with E-state index in [4.69, 9.17) is 0 Å². The van der Waals surface area contributed by atoms with Crippen LogP contribution in [0.2, 0.25) is 0 Å². The molecule has 2 aromatic rings. The molecule has 8 fully saturated rings. The van der Waals surface area contributed by atoms with Crippen molar-refractivity contribution in [3.8, 4) is 0 Å². The lowest BCUT2D eigenvalue weighted by Gasteiger charge is -2.67. The largest absolute Gasteiger partial charge is 0.0911 e. The Morgan fingerprint density at radius 1 is 0.596 bits per heavy atom. The fraction of sp³-hybridized carbons (Fsp3) is 0.733. The summed E-state index contributed by atoms with van der Waals surface area (Å²) in [6.07, 6.45) is 23.1. The molecule has 47 heavy (non-hydrogen) atoms. The van der Waals surface area contributed by atoms with Crippen LogP contribution in [0.25, 0.3) is 0 Å². The maximum absolute atomic E-state index is 2.82. The van der Waals surface area contributed by atoms with Gasteiger partial charge in [0.15, 0.2) is 0 Å². The maximum Gasteiger partial charge on any atom is -0.00601 e. The first-order chi connectivity index (χ1) is 22.3. The SMILES string of the molecule is CC(Cc1ccccc1)c1ccc(CP(C(C)(C)C)C(C)(C)C)c(CP(C23CC4CC(CC(C4)C2)C3)C23CC4CC(CC(C4)C2)C3)c1. The van der Waals surface area contributed by atoms with E-state index < -0.39 is 0 Å². The molecule has 10 rings (SSSR count). The Balaban J connectivity index is 1.21. The number of rotatable bonds is 9. The smallest absolute Gasteiger partial charge is 0.00601 e. The van der Waals surface area contributed by atoms with Crippen molar-refractivity contribution in [3.05, 3.63) is 70.8 Å². The first kappa shape index (κ1) is 33.4. The Kier molecular flexibility index (Phi) is 8.69. The van der Waals surface area contributed by atoms with Gasteiger partial charge in [-0.05, 0) is 180 Å². The van der Waals surface area contributed by atoms with Crippen molar-refractivity contribution in [2.45, 2.75) is 171 Å². The summed E-state index contributed by atoms with van der Waals surface area (Å²) in [5.74, 6) is 6.93. The molecule has 0 amide bonds. The third kappa shape index (κ3) is 6.50. The maximum atomic E-state index is 2.82. The monoisotopic (exact) mass is 668 g/mol. The van der Waals surface area contributed by atoms with Crippen LogP contribution in [0.4, 0.5) is 0 Å². The van der Waals surface area contributed by atoms with Crippen molar-refractivity contribution in [3.63, 3.8) is 0 Å². The van der Waals surface area contributed by atoms with E-state index in [0.717, 1.165) is 41.9 Å². The topological polar surface area (TPSA) is 0 Å². The Morgan fingerprint density at radius 2 is 1.04 bits per heavy atom. The van der Waals surface area contributed by atoms with Gasteiger partial charge in [-0.3, -0.25) is 0 Å². The van der Waals surface area contributed by atoms with Gasteiger partial charge in [0.05, 0.1) is 0 Å². The molecule has 0 N–H and O–H groups in total. The van der Waals surface area contributed by atoms with Crippen molar-refractivity contribution in [2.24, 2.45) is 35.5 Å². The van der Waals surface area contributed by atoms with Crippen LogP contribution in [-0.4, -0.2) is 20.6 Å². The van der Waals surface area contributed by atoms with E-state index in [0.29, 0.717) is 26.5 Å². The normalized spacial score (nSPS) is 37.1. The van der Waals surface area contributed by atoms with Gasteiger partial charge in [-0.2, -0.15) is 0 Å². The van der Waals surface area contributed by atoms with Gasteiger partial charge < -0.3 is 0 Å². The highest BCUT2D eigenvalue weighted by molar-refractivity contribution is 7.60. The van der Waals surface area contributed by atoms with Crippen LogP contribution in [0.5, 0.6) is 0 Å². The molecule has 0 aliphatic heterocycles. The summed E-state index contributed by atoms with van der Waals surface area (Å²) < 4.78 is 0. The Labute approximate surface area is 291 Å². The second-order valence-electron chi connectivity index (χ2n) is 20.4. The summed E-state index contributed by atoms with van der Waals surface area (Å²) in [4.78, 5) is 0. The molecule has 8 aliphatic rings. The Hall–Kier alpha value is -0.700. The predicted octanol–water partition coefficient (Wildman–Crippen LogP) is 13.5. The molecule has 2 aromatic carbocycles. The molecule has 1 atom stereocenters. The summed E-state index contributed by atoms with van der Waals surface area (Å²) in [7, 11) is -0.227. The molecule has 0 nitrogen and oxygen atoms in total. The van der Waals surface area contributed by atoms with Crippen LogP contribution in [0.1, 0.15) is 154 Å². The van der Waals surface area contributed by atoms with E-state index in [9.17, 15) is 0 Å². The van der Waals surface area contributed by atoms with E-state index in [1.165, 1.54) is 17.9 Å². The molecular formula is C45H66P2. The Bertz CT molecular complexity index is 1290. The van der Waals surface area contributed by atoms with Crippen LogP contribution in [0, 0.1) is 35.5 Å². The second kappa shape index (κ2) is 12.2. The van der Waals surface area contributed by atoms with Gasteiger partial charge in [-0.15, -0.1) is 0 Å². The van der Waals surface area contributed by atoms with Gasteiger partial charge in [0.25, 0.3) is 0 Å². The van der Waals surface area contributed by atoms with Gasteiger partial charge in [0.2, 0.25) is 0 Å². The van der Waals surface area contributed by atoms with E-state index >= 15 is 0 Å². The molecule has 8 bridgehead atoms. The van der Waals surface area contributed by atoms with Gasteiger partial charge in [-0.25, -0.2) is 0 Å². The highest BCUT2D eigenvalue weighted by Gasteiger charge is 2.62. The average molecular weight is 669 g/mol. The van der Waals surface area contributed by atoms with Crippen LogP contribution >= 0.6 is 15.8 Å². The van der Waals surface area contributed by atoms with Gasteiger partial charge in [0, 0.05) is 0 Å². The lowest BCUT2D eigenvalue weighted by Crippen LogP contribution is -2.56. The van der Waals surface area contributed by atoms with Crippen LogP contribution in [0.3, 0.4) is 0 Å². The Morgan fingerprint density at radius 3 is 1.47 bits per heavy atom. The van der Waals surface area contributed by atoms with Crippen molar-refractivity contribution in [1.29, 1.82) is 0 Å².